The maximum absolute atomic E-state index is 12.5. The van der Waals surface area contributed by atoms with Gasteiger partial charge >= 0.3 is 0 Å². The summed E-state index contributed by atoms with van der Waals surface area (Å²) >= 11 is 0. The maximum atomic E-state index is 12.5. The van der Waals surface area contributed by atoms with Crippen LogP contribution < -0.4 is 0 Å². The highest BCUT2D eigenvalue weighted by Gasteiger charge is 2.48. The molecule has 1 aromatic heterocycles. The largest absolute Gasteiger partial charge is 0.388 e. The molecule has 3 heterocycles. The Kier molecular flexibility index (Phi) is 6.12. The molecule has 0 saturated carbocycles. The molecule has 0 radical (unpaired) electrons. The van der Waals surface area contributed by atoms with E-state index in [-0.39, 0.29) is 18.8 Å². The van der Waals surface area contributed by atoms with Gasteiger partial charge in [0.25, 0.3) is 0 Å². The zero-order valence-corrected chi connectivity index (χ0v) is 16.4. The smallest absolute Gasteiger partial charge is 0.158 e. The number of benzene rings is 1. The van der Waals surface area contributed by atoms with Crippen LogP contribution in [-0.2, 0) is 19.0 Å². The van der Waals surface area contributed by atoms with Gasteiger partial charge in [-0.2, -0.15) is 0 Å². The lowest BCUT2D eigenvalue weighted by Gasteiger charge is -2.46. The number of para-hydroxylation sites is 1. The highest BCUT2D eigenvalue weighted by atomic mass is 16.7. The van der Waals surface area contributed by atoms with E-state index in [1.807, 2.05) is 37.4 Å². The van der Waals surface area contributed by atoms with Crippen LogP contribution in [0.3, 0.4) is 0 Å². The van der Waals surface area contributed by atoms with Crippen LogP contribution in [0.2, 0.25) is 0 Å². The van der Waals surface area contributed by atoms with Crippen molar-refractivity contribution in [3.8, 4) is 0 Å². The minimum Gasteiger partial charge on any atom is -0.388 e. The monoisotopic (exact) mass is 401 g/mol. The standard InChI is InChI=1S/C22H27NO6/c1-2-5-19-27-12-18-22(29-19)21(26)20(25)17(28-18)10-14(24)9-8-13-11-23-16-7-4-3-6-15(13)16/h3-4,6-9,11,17-23,25-26H,2,5,10,12H2,1H3/b9-8+. The lowest BCUT2D eigenvalue weighted by molar-refractivity contribution is -0.325. The molecule has 3 N–H and O–H groups in total. The van der Waals surface area contributed by atoms with Crippen LogP contribution in [0.5, 0.6) is 0 Å². The van der Waals surface area contributed by atoms with Crippen molar-refractivity contribution in [2.24, 2.45) is 0 Å². The fourth-order valence-corrected chi connectivity index (χ4v) is 3.97. The Morgan fingerprint density at radius 1 is 1.24 bits per heavy atom. The molecule has 1 aromatic carbocycles. The quantitative estimate of drug-likeness (QED) is 0.642. The topological polar surface area (TPSA) is 101 Å². The van der Waals surface area contributed by atoms with Crippen molar-refractivity contribution in [3.05, 3.63) is 42.1 Å². The first kappa shape index (κ1) is 20.3. The lowest BCUT2D eigenvalue weighted by atomic mass is 9.91. The summed E-state index contributed by atoms with van der Waals surface area (Å²) in [6.45, 7) is 2.29. The van der Waals surface area contributed by atoms with Crippen LogP contribution in [0.25, 0.3) is 17.0 Å². The molecule has 7 heteroatoms. The van der Waals surface area contributed by atoms with Gasteiger partial charge in [0, 0.05) is 23.5 Å². The van der Waals surface area contributed by atoms with Crippen molar-refractivity contribution in [1.82, 2.24) is 4.98 Å². The van der Waals surface area contributed by atoms with E-state index >= 15 is 0 Å². The summed E-state index contributed by atoms with van der Waals surface area (Å²) in [5.74, 6) is -0.188. The maximum Gasteiger partial charge on any atom is 0.158 e. The molecule has 4 rings (SSSR count). The Labute approximate surface area is 169 Å². The number of ketones is 1. The number of aliphatic hydroxyl groups is 2. The van der Waals surface area contributed by atoms with Crippen molar-refractivity contribution in [2.45, 2.75) is 63.0 Å². The first-order valence-corrected chi connectivity index (χ1v) is 10.1. The predicted octanol–water partition coefficient (Wildman–Crippen LogP) is 2.17. The molecular weight excluding hydrogens is 374 g/mol. The number of hydrogen-bond donors (Lipinski definition) is 3. The van der Waals surface area contributed by atoms with Crippen LogP contribution in [0, 0.1) is 0 Å². The van der Waals surface area contributed by atoms with Gasteiger partial charge in [-0.25, -0.2) is 0 Å². The first-order chi connectivity index (χ1) is 14.1. The van der Waals surface area contributed by atoms with Gasteiger partial charge in [-0.05, 0) is 30.2 Å². The Hall–Kier alpha value is -2.03. The number of allylic oxidation sites excluding steroid dienone is 1. The van der Waals surface area contributed by atoms with E-state index in [9.17, 15) is 15.0 Å². The van der Waals surface area contributed by atoms with E-state index in [0.717, 1.165) is 22.9 Å². The summed E-state index contributed by atoms with van der Waals surface area (Å²) in [4.78, 5) is 15.6. The van der Waals surface area contributed by atoms with E-state index < -0.39 is 36.8 Å². The third-order valence-electron chi connectivity index (χ3n) is 5.54. The average Bonchev–Trinajstić information content (AvgIpc) is 3.14. The molecule has 0 spiro atoms. The molecule has 6 atom stereocenters. The fourth-order valence-electron chi connectivity index (χ4n) is 3.97. The molecule has 0 bridgehead atoms. The number of nitrogens with one attached hydrogen (secondary N) is 1. The SMILES string of the molecule is CCCC1OCC2OC(CC(=O)/C=C/c3c[nH]c4ccccc34)C(O)C(O)C2O1. The first-order valence-electron chi connectivity index (χ1n) is 10.1. The zero-order valence-electron chi connectivity index (χ0n) is 16.4. The molecule has 6 unspecified atom stereocenters. The van der Waals surface area contributed by atoms with Crippen molar-refractivity contribution in [2.75, 3.05) is 6.61 Å². The molecule has 0 amide bonds. The van der Waals surface area contributed by atoms with Gasteiger partial charge in [-0.1, -0.05) is 31.5 Å². The Morgan fingerprint density at radius 3 is 2.90 bits per heavy atom. The van der Waals surface area contributed by atoms with Gasteiger partial charge in [-0.15, -0.1) is 0 Å². The summed E-state index contributed by atoms with van der Waals surface area (Å²) in [7, 11) is 0. The summed E-state index contributed by atoms with van der Waals surface area (Å²) < 4.78 is 17.2. The average molecular weight is 401 g/mol. The van der Waals surface area contributed by atoms with Crippen molar-refractivity contribution in [1.29, 1.82) is 0 Å². The number of hydrogen-bond acceptors (Lipinski definition) is 6. The molecule has 2 aliphatic rings. The lowest BCUT2D eigenvalue weighted by Crippen LogP contribution is -2.62. The van der Waals surface area contributed by atoms with E-state index in [0.29, 0.717) is 6.42 Å². The van der Waals surface area contributed by atoms with Gasteiger partial charge in [-0.3, -0.25) is 4.79 Å². The van der Waals surface area contributed by atoms with Crippen LogP contribution >= 0.6 is 0 Å². The minimum absolute atomic E-state index is 0.0291. The molecule has 2 aromatic rings. The number of aromatic nitrogens is 1. The van der Waals surface area contributed by atoms with E-state index in [1.165, 1.54) is 6.08 Å². The molecule has 7 nitrogen and oxygen atoms in total. The Balaban J connectivity index is 1.38. The number of fused-ring (bicyclic) bond motifs is 2. The number of rotatable bonds is 6. The number of carbonyl (C=O) groups is 1. The number of ether oxygens (including phenoxy) is 3. The second-order valence-corrected chi connectivity index (χ2v) is 7.64. The van der Waals surface area contributed by atoms with Crippen molar-refractivity contribution >= 4 is 22.8 Å². The Morgan fingerprint density at radius 2 is 2.07 bits per heavy atom. The molecule has 0 aliphatic carbocycles. The number of carbonyl (C=O) groups excluding carboxylic acids is 1. The second-order valence-electron chi connectivity index (χ2n) is 7.64. The van der Waals surface area contributed by atoms with Gasteiger partial charge in [0.1, 0.15) is 24.4 Å². The summed E-state index contributed by atoms with van der Waals surface area (Å²) in [5, 5.41) is 22.0. The molecule has 2 saturated heterocycles. The van der Waals surface area contributed by atoms with E-state index in [2.05, 4.69) is 4.98 Å². The predicted molar refractivity (Wildman–Crippen MR) is 107 cm³/mol. The third kappa shape index (κ3) is 4.29. The molecule has 29 heavy (non-hydrogen) atoms. The number of aromatic amines is 1. The summed E-state index contributed by atoms with van der Waals surface area (Å²) in [6, 6.07) is 7.84. The second kappa shape index (κ2) is 8.77. The van der Waals surface area contributed by atoms with Crippen molar-refractivity contribution < 1.29 is 29.2 Å². The van der Waals surface area contributed by atoms with E-state index in [1.54, 1.807) is 6.08 Å². The number of aliphatic hydroxyl groups excluding tert-OH is 2. The van der Waals surface area contributed by atoms with E-state index in [4.69, 9.17) is 14.2 Å². The molecule has 2 fully saturated rings. The highest BCUT2D eigenvalue weighted by Crippen LogP contribution is 2.31. The van der Waals surface area contributed by atoms with Crippen LogP contribution in [-0.4, -0.2) is 64.4 Å². The third-order valence-corrected chi connectivity index (χ3v) is 5.54. The molecule has 156 valence electrons. The Bertz CT molecular complexity index is 875. The van der Waals surface area contributed by atoms with Gasteiger partial charge < -0.3 is 29.4 Å². The van der Waals surface area contributed by atoms with Gasteiger partial charge in [0.2, 0.25) is 0 Å². The summed E-state index contributed by atoms with van der Waals surface area (Å²) in [5.41, 5.74) is 1.91. The number of H-pyrrole nitrogens is 1. The van der Waals surface area contributed by atoms with Crippen molar-refractivity contribution in [3.63, 3.8) is 0 Å². The van der Waals surface area contributed by atoms with Crippen LogP contribution in [0.15, 0.2) is 36.5 Å². The van der Waals surface area contributed by atoms with Gasteiger partial charge in [0.05, 0.1) is 12.7 Å². The highest BCUT2D eigenvalue weighted by molar-refractivity contribution is 5.97. The summed E-state index contributed by atoms with van der Waals surface area (Å²) in [6.07, 6.45) is 1.98. The molecule has 2 aliphatic heterocycles. The zero-order chi connectivity index (χ0) is 20.4. The van der Waals surface area contributed by atoms with Crippen LogP contribution in [0.1, 0.15) is 31.7 Å². The normalized spacial score (nSPS) is 32.5. The minimum atomic E-state index is -1.19. The molecular formula is C22H27NO6. The van der Waals surface area contributed by atoms with Crippen LogP contribution in [0.4, 0.5) is 0 Å². The fraction of sp³-hybridized carbons (Fsp3) is 0.500. The van der Waals surface area contributed by atoms with Gasteiger partial charge in [0.15, 0.2) is 12.1 Å².